The van der Waals surface area contributed by atoms with Crippen molar-refractivity contribution in [1.82, 2.24) is 38.8 Å². The Morgan fingerprint density at radius 3 is 0.719 bits per heavy atom. The zero-order valence-corrected chi connectivity index (χ0v) is 58.1. The van der Waals surface area contributed by atoms with Gasteiger partial charge in [0.25, 0.3) is 0 Å². The van der Waals surface area contributed by atoms with E-state index in [9.17, 15) is 33.7 Å². The number of benzene rings is 4. The SMILES string of the molecule is CCCCCCCNS(=O)(=O)c1cccc(-c2c3nc(c(-c4cccc(S(=O)(=O)NCCCCCCC)c4F)c4ccc([nH]4)c(-c4cccc(S(=O)(=O)NCCCCCCC)c4F)c4nc(c(-c5cccc(S(=O)(=O)NCCCCCCC)c5F)c5ccc2[nH]5)C=C4)C=C3)c1F. The second-order valence-electron chi connectivity index (χ2n) is 24.2. The summed E-state index contributed by atoms with van der Waals surface area (Å²) in [5.74, 6) is -4.67. The Bertz CT molecular complexity index is 4080. The summed E-state index contributed by atoms with van der Waals surface area (Å²) in [6.45, 7) is 8.39. The highest BCUT2D eigenvalue weighted by Crippen LogP contribution is 2.42. The zero-order chi connectivity index (χ0) is 68.6. The molecule has 0 amide bonds. The maximum atomic E-state index is 17.8. The van der Waals surface area contributed by atoms with Crippen molar-refractivity contribution in [1.29, 1.82) is 0 Å². The van der Waals surface area contributed by atoms with E-state index in [0.717, 1.165) is 127 Å². The molecular weight excluding hydrogens is 1310 g/mol. The highest BCUT2D eigenvalue weighted by atomic mass is 32.2. The first-order valence-electron chi connectivity index (χ1n) is 33.5. The molecule has 5 heterocycles. The largest absolute Gasteiger partial charge is 0.354 e. The number of halogens is 4. The van der Waals surface area contributed by atoms with E-state index in [-0.39, 0.29) is 116 Å². The molecule has 0 spiro atoms. The van der Waals surface area contributed by atoms with Gasteiger partial charge >= 0.3 is 0 Å². The lowest BCUT2D eigenvalue weighted by atomic mass is 10.0. The molecule has 0 atom stereocenters. The maximum absolute atomic E-state index is 17.8. The van der Waals surface area contributed by atoms with Crippen LogP contribution in [0.4, 0.5) is 17.6 Å². The van der Waals surface area contributed by atoms with Crippen LogP contribution >= 0.6 is 0 Å². The third kappa shape index (κ3) is 17.2. The van der Waals surface area contributed by atoms with Crippen LogP contribution in [0.25, 0.3) is 90.9 Å². The first-order valence-corrected chi connectivity index (χ1v) is 39.4. The van der Waals surface area contributed by atoms with E-state index >= 15 is 17.6 Å². The average molecular weight is 1400 g/mol. The van der Waals surface area contributed by atoms with Crippen LogP contribution in [0.15, 0.2) is 117 Å². The third-order valence-corrected chi connectivity index (χ3v) is 23.0. The molecule has 9 rings (SSSR count). The van der Waals surface area contributed by atoms with Crippen LogP contribution in [-0.4, -0.2) is 79.8 Å². The third-order valence-electron chi connectivity index (χ3n) is 17.1. The lowest BCUT2D eigenvalue weighted by Crippen LogP contribution is -2.25. The smallest absolute Gasteiger partial charge is 0.243 e. The van der Waals surface area contributed by atoms with Crippen molar-refractivity contribution < 1.29 is 51.2 Å². The molecule has 4 aromatic carbocycles. The predicted molar refractivity (Wildman–Crippen MR) is 376 cm³/mol. The number of hydrogen-bond acceptors (Lipinski definition) is 10. The minimum absolute atomic E-state index is 0.0155. The summed E-state index contributed by atoms with van der Waals surface area (Å²) in [7, 11) is -18.0. The number of H-pyrrole nitrogens is 2. The van der Waals surface area contributed by atoms with Crippen molar-refractivity contribution in [3.05, 3.63) is 143 Å². The number of nitrogens with zero attached hydrogens (tertiary/aromatic N) is 2. The first-order chi connectivity index (χ1) is 46.2. The molecule has 96 heavy (non-hydrogen) atoms. The van der Waals surface area contributed by atoms with Crippen molar-refractivity contribution in [2.75, 3.05) is 26.2 Å². The fourth-order valence-electron chi connectivity index (χ4n) is 12.0. The number of unbranched alkanes of at least 4 members (excludes halogenated alkanes) is 16. The molecule has 24 heteroatoms. The van der Waals surface area contributed by atoms with Gasteiger partial charge in [0.1, 0.15) is 19.6 Å². The van der Waals surface area contributed by atoms with Crippen LogP contribution in [0.2, 0.25) is 0 Å². The minimum Gasteiger partial charge on any atom is -0.354 e. The van der Waals surface area contributed by atoms with Gasteiger partial charge in [-0.15, -0.1) is 0 Å². The topological polar surface area (TPSA) is 242 Å². The quantitative estimate of drug-likeness (QED) is 0.0160. The first kappa shape index (κ1) is 73.1. The fraction of sp³-hybridized carbons (Fsp3) is 0.389. The molecule has 0 radical (unpaired) electrons. The number of nitrogens with one attached hydrogen (secondary N) is 6. The summed E-state index contributed by atoms with van der Waals surface area (Å²) in [4.78, 5) is 14.0. The summed E-state index contributed by atoms with van der Waals surface area (Å²) >= 11 is 0. The van der Waals surface area contributed by atoms with Gasteiger partial charge in [0.15, 0.2) is 23.3 Å². The molecule has 0 saturated carbocycles. The van der Waals surface area contributed by atoms with E-state index < -0.39 is 82.9 Å². The van der Waals surface area contributed by atoms with E-state index in [1.165, 1.54) is 97.1 Å². The number of aromatic nitrogens is 4. The van der Waals surface area contributed by atoms with Gasteiger partial charge in [-0.2, -0.15) is 0 Å². The number of aromatic amines is 2. The minimum atomic E-state index is -4.50. The van der Waals surface area contributed by atoms with E-state index in [4.69, 9.17) is 9.97 Å². The Kier molecular flexibility index (Phi) is 25.4. The van der Waals surface area contributed by atoms with Crippen LogP contribution in [0, 0.1) is 23.3 Å². The van der Waals surface area contributed by atoms with Crippen LogP contribution in [0.1, 0.15) is 179 Å². The highest BCUT2D eigenvalue weighted by molar-refractivity contribution is 7.90. The second kappa shape index (κ2) is 33.4. The molecule has 0 unspecified atom stereocenters. The van der Waals surface area contributed by atoms with Gasteiger partial charge in [0, 0.05) is 92.8 Å². The normalized spacial score (nSPS) is 12.8. The molecule has 3 aromatic heterocycles. The molecule has 16 nitrogen and oxygen atoms in total. The van der Waals surface area contributed by atoms with Crippen molar-refractivity contribution in [2.24, 2.45) is 0 Å². The predicted octanol–water partition coefficient (Wildman–Crippen LogP) is 16.9. The molecule has 7 aromatic rings. The lowest BCUT2D eigenvalue weighted by Gasteiger charge is -2.13. The van der Waals surface area contributed by atoms with Crippen molar-refractivity contribution in [2.45, 2.75) is 176 Å². The zero-order valence-electron chi connectivity index (χ0n) is 54.8. The van der Waals surface area contributed by atoms with Gasteiger partial charge in [-0.1, -0.05) is 179 Å². The monoisotopic (exact) mass is 1390 g/mol. The van der Waals surface area contributed by atoms with Gasteiger partial charge in [0.05, 0.1) is 22.8 Å². The molecule has 0 fully saturated rings. The molecule has 6 N–H and O–H groups in total. The van der Waals surface area contributed by atoms with E-state index in [1.54, 1.807) is 0 Å². The molecule has 8 bridgehead atoms. The van der Waals surface area contributed by atoms with Gasteiger partial charge in [-0.05, 0) is 98.5 Å². The molecule has 514 valence electrons. The highest BCUT2D eigenvalue weighted by Gasteiger charge is 2.30. The average Bonchev–Trinajstić information content (AvgIpc) is 1.54. The molecule has 0 aliphatic carbocycles. The summed E-state index contributed by atoms with van der Waals surface area (Å²) < 4.78 is 194. The van der Waals surface area contributed by atoms with Gasteiger partial charge in [0.2, 0.25) is 40.1 Å². The van der Waals surface area contributed by atoms with Crippen LogP contribution in [0.5, 0.6) is 0 Å². The van der Waals surface area contributed by atoms with E-state index in [2.05, 4.69) is 56.6 Å². The lowest BCUT2D eigenvalue weighted by molar-refractivity contribution is 0.550. The molecule has 2 aliphatic rings. The Labute approximate surface area is 562 Å². The fourth-order valence-corrected chi connectivity index (χ4v) is 16.7. The Morgan fingerprint density at radius 1 is 0.302 bits per heavy atom. The number of fused-ring (bicyclic) bond motifs is 8. The Balaban J connectivity index is 1.36. The van der Waals surface area contributed by atoms with Crippen molar-refractivity contribution in [3.63, 3.8) is 0 Å². The van der Waals surface area contributed by atoms with Crippen molar-refractivity contribution >= 4 is 86.5 Å². The van der Waals surface area contributed by atoms with Crippen LogP contribution in [-0.2, 0) is 40.1 Å². The standard InChI is InChI=1S/C72H86F4N8O8S4/c1-5-9-13-17-21-45-77-93(85,86)61-33-25-29-49(69(61)73)65-53-37-39-55(81-53)66(50-30-26-34-62(70(50)74)94(87,88)78-46-22-18-14-10-6-2)57-41-43-59(83-57)68(52-32-28-36-64(72(52)76)96(91,92)80-48-24-20-16-12-8-4)60-44-42-58(84-60)67(56-40-38-54(65)82-56)51-31-27-35-63(71(51)75)95(89,90)79-47-23-19-15-11-7-3/h25-44,77-81,84H,5-24,45-48H2,1-4H3. The molecule has 0 saturated heterocycles. The second-order valence-corrected chi connectivity index (χ2v) is 31.2. The van der Waals surface area contributed by atoms with E-state index in [1.807, 2.05) is 0 Å². The summed E-state index contributed by atoms with van der Waals surface area (Å²) in [6.07, 6.45) is 22.3. The molecule has 2 aliphatic heterocycles. The number of rotatable bonds is 36. The Hall–Kier alpha value is -7.16. The number of hydrogen-bond donors (Lipinski definition) is 6. The molecular formula is C72H86F4N8O8S4. The van der Waals surface area contributed by atoms with E-state index in [0.29, 0.717) is 25.7 Å². The summed E-state index contributed by atoms with van der Waals surface area (Å²) in [5, 5.41) is 0. The maximum Gasteiger partial charge on any atom is 0.243 e. The van der Waals surface area contributed by atoms with Crippen LogP contribution < -0.4 is 18.9 Å². The summed E-state index contributed by atoms with van der Waals surface area (Å²) in [5.41, 5.74) is -1.02. The van der Waals surface area contributed by atoms with Gasteiger partial charge in [-0.25, -0.2) is 80.1 Å². The van der Waals surface area contributed by atoms with Gasteiger partial charge in [-0.3, -0.25) is 0 Å². The Morgan fingerprint density at radius 2 is 0.510 bits per heavy atom. The summed E-state index contributed by atoms with van der Waals surface area (Å²) in [6, 6.07) is 21.5. The number of sulfonamides is 4. The van der Waals surface area contributed by atoms with Gasteiger partial charge < -0.3 is 9.97 Å². The van der Waals surface area contributed by atoms with Crippen molar-refractivity contribution in [3.8, 4) is 44.5 Å². The van der Waals surface area contributed by atoms with Crippen LogP contribution in [0.3, 0.4) is 0 Å².